The molecule has 0 radical (unpaired) electrons. The number of nitrogens with one attached hydrogen (secondary N) is 1. The number of aryl methyl sites for hydroxylation is 1. The molecular formula is C17H17NO3. The van der Waals surface area contributed by atoms with Crippen molar-refractivity contribution in [2.45, 2.75) is 26.1 Å². The topological polar surface area (TPSA) is 47.6 Å². The van der Waals surface area contributed by atoms with Crippen LogP contribution in [0.25, 0.3) is 0 Å². The average Bonchev–Trinajstić information content (AvgIpc) is 2.46. The summed E-state index contributed by atoms with van der Waals surface area (Å²) in [5, 5.41) is 2.87. The van der Waals surface area contributed by atoms with Crippen LogP contribution in [0, 0.1) is 6.92 Å². The molecule has 0 aliphatic carbocycles. The van der Waals surface area contributed by atoms with Gasteiger partial charge >= 0.3 is 0 Å². The Morgan fingerprint density at radius 1 is 1.05 bits per heavy atom. The van der Waals surface area contributed by atoms with E-state index in [0.29, 0.717) is 11.5 Å². The fourth-order valence-electron chi connectivity index (χ4n) is 2.34. The zero-order valence-electron chi connectivity index (χ0n) is 12.0. The number of amides is 1. The minimum atomic E-state index is -0.666. The van der Waals surface area contributed by atoms with Gasteiger partial charge in [0.05, 0.1) is 0 Å². The second kappa shape index (κ2) is 5.48. The Hall–Kier alpha value is -2.49. The zero-order chi connectivity index (χ0) is 14.8. The quantitative estimate of drug-likeness (QED) is 0.921. The largest absolute Gasteiger partial charge is 0.482 e. The maximum atomic E-state index is 12.4. The lowest BCUT2D eigenvalue weighted by molar-refractivity contribution is -0.128. The number of carbonyl (C=O) groups excluding carboxylic acids is 1. The van der Waals surface area contributed by atoms with Gasteiger partial charge in [-0.1, -0.05) is 24.3 Å². The SMILES string of the molecule is Cc1cccc(NC(=O)[C@H]2Oc3ccccc3O[C@@H]2C)c1. The first-order valence-electron chi connectivity index (χ1n) is 6.93. The molecule has 0 spiro atoms. The van der Waals surface area contributed by atoms with E-state index >= 15 is 0 Å². The first-order valence-corrected chi connectivity index (χ1v) is 6.93. The fourth-order valence-corrected chi connectivity index (χ4v) is 2.34. The maximum absolute atomic E-state index is 12.4. The van der Waals surface area contributed by atoms with E-state index in [2.05, 4.69) is 5.32 Å². The molecule has 1 amide bonds. The van der Waals surface area contributed by atoms with Crippen molar-refractivity contribution < 1.29 is 14.3 Å². The van der Waals surface area contributed by atoms with E-state index in [1.807, 2.05) is 56.3 Å². The molecule has 2 aromatic carbocycles. The Balaban J connectivity index is 1.76. The molecule has 108 valence electrons. The third-order valence-electron chi connectivity index (χ3n) is 3.39. The number of benzene rings is 2. The van der Waals surface area contributed by atoms with Crippen LogP contribution in [0.15, 0.2) is 48.5 Å². The number of ether oxygens (including phenoxy) is 2. The van der Waals surface area contributed by atoms with Crippen molar-refractivity contribution in [3.8, 4) is 11.5 Å². The molecule has 4 nitrogen and oxygen atoms in total. The van der Waals surface area contributed by atoms with Gasteiger partial charge in [-0.15, -0.1) is 0 Å². The van der Waals surface area contributed by atoms with Gasteiger partial charge in [0.2, 0.25) is 6.10 Å². The predicted octanol–water partition coefficient (Wildman–Crippen LogP) is 3.16. The molecular weight excluding hydrogens is 266 g/mol. The molecule has 0 saturated carbocycles. The Kier molecular flexibility index (Phi) is 3.52. The number of carbonyl (C=O) groups is 1. The molecule has 2 atom stereocenters. The summed E-state index contributed by atoms with van der Waals surface area (Å²) in [6.45, 7) is 3.81. The number of hydrogen-bond acceptors (Lipinski definition) is 3. The van der Waals surface area contributed by atoms with Gasteiger partial charge in [-0.05, 0) is 43.7 Å². The molecule has 1 aliphatic rings. The molecule has 1 heterocycles. The van der Waals surface area contributed by atoms with Crippen LogP contribution in [0.4, 0.5) is 5.69 Å². The smallest absolute Gasteiger partial charge is 0.269 e. The van der Waals surface area contributed by atoms with Crippen molar-refractivity contribution in [1.29, 1.82) is 0 Å². The molecule has 0 unspecified atom stereocenters. The Bertz CT molecular complexity index is 669. The molecule has 0 aromatic heterocycles. The van der Waals surface area contributed by atoms with E-state index in [9.17, 15) is 4.79 Å². The highest BCUT2D eigenvalue weighted by Gasteiger charge is 2.34. The van der Waals surface area contributed by atoms with Crippen LogP contribution in [0.3, 0.4) is 0 Å². The van der Waals surface area contributed by atoms with Gasteiger partial charge in [0.1, 0.15) is 6.10 Å². The summed E-state index contributed by atoms with van der Waals surface area (Å²) < 4.78 is 11.5. The Morgan fingerprint density at radius 3 is 2.48 bits per heavy atom. The number of hydrogen-bond donors (Lipinski definition) is 1. The lowest BCUT2D eigenvalue weighted by Gasteiger charge is -2.31. The molecule has 21 heavy (non-hydrogen) atoms. The number of para-hydroxylation sites is 2. The van der Waals surface area contributed by atoms with E-state index in [1.54, 1.807) is 6.07 Å². The highest BCUT2D eigenvalue weighted by Crippen LogP contribution is 2.33. The van der Waals surface area contributed by atoms with Crippen molar-refractivity contribution in [3.63, 3.8) is 0 Å². The Morgan fingerprint density at radius 2 is 1.76 bits per heavy atom. The van der Waals surface area contributed by atoms with Crippen LogP contribution in [0.5, 0.6) is 11.5 Å². The summed E-state index contributed by atoms with van der Waals surface area (Å²) in [4.78, 5) is 12.4. The van der Waals surface area contributed by atoms with Crippen LogP contribution in [0.2, 0.25) is 0 Å². The van der Waals surface area contributed by atoms with Gasteiger partial charge < -0.3 is 14.8 Å². The number of fused-ring (bicyclic) bond motifs is 1. The van der Waals surface area contributed by atoms with E-state index in [4.69, 9.17) is 9.47 Å². The second-order valence-corrected chi connectivity index (χ2v) is 5.17. The van der Waals surface area contributed by atoms with E-state index in [-0.39, 0.29) is 12.0 Å². The van der Waals surface area contributed by atoms with Crippen LogP contribution < -0.4 is 14.8 Å². The predicted molar refractivity (Wildman–Crippen MR) is 80.8 cm³/mol. The normalized spacial score (nSPS) is 19.9. The summed E-state index contributed by atoms with van der Waals surface area (Å²) in [5.41, 5.74) is 1.85. The fraction of sp³-hybridized carbons (Fsp3) is 0.235. The maximum Gasteiger partial charge on any atom is 0.269 e. The second-order valence-electron chi connectivity index (χ2n) is 5.17. The molecule has 1 N–H and O–H groups in total. The highest BCUT2D eigenvalue weighted by atomic mass is 16.6. The van der Waals surface area contributed by atoms with Crippen LogP contribution in [-0.4, -0.2) is 18.1 Å². The highest BCUT2D eigenvalue weighted by molar-refractivity contribution is 5.95. The van der Waals surface area contributed by atoms with Crippen molar-refractivity contribution in [3.05, 3.63) is 54.1 Å². The third kappa shape index (κ3) is 2.84. The molecule has 0 fully saturated rings. The Labute approximate surface area is 123 Å². The number of rotatable bonds is 2. The third-order valence-corrected chi connectivity index (χ3v) is 3.39. The van der Waals surface area contributed by atoms with Crippen molar-refractivity contribution in [1.82, 2.24) is 0 Å². The monoisotopic (exact) mass is 283 g/mol. The van der Waals surface area contributed by atoms with Gasteiger partial charge in [0, 0.05) is 5.69 Å². The summed E-state index contributed by atoms with van der Waals surface area (Å²) in [5.74, 6) is 1.06. The lowest BCUT2D eigenvalue weighted by Crippen LogP contribution is -2.46. The molecule has 4 heteroatoms. The average molecular weight is 283 g/mol. The first kappa shape index (κ1) is 13.5. The molecule has 0 saturated heterocycles. The summed E-state index contributed by atoms with van der Waals surface area (Å²) in [7, 11) is 0. The molecule has 2 aromatic rings. The van der Waals surface area contributed by atoms with Crippen LogP contribution in [0.1, 0.15) is 12.5 Å². The number of anilines is 1. The van der Waals surface area contributed by atoms with Crippen molar-refractivity contribution in [2.24, 2.45) is 0 Å². The van der Waals surface area contributed by atoms with Crippen molar-refractivity contribution >= 4 is 11.6 Å². The summed E-state index contributed by atoms with van der Waals surface area (Å²) in [6, 6.07) is 15.0. The summed E-state index contributed by atoms with van der Waals surface area (Å²) >= 11 is 0. The summed E-state index contributed by atoms with van der Waals surface area (Å²) in [6.07, 6.45) is -1.01. The molecule has 1 aliphatic heterocycles. The molecule has 0 bridgehead atoms. The minimum absolute atomic E-state index is 0.206. The van der Waals surface area contributed by atoms with Crippen LogP contribution in [-0.2, 0) is 4.79 Å². The van der Waals surface area contributed by atoms with Gasteiger partial charge in [0.15, 0.2) is 11.5 Å². The van der Waals surface area contributed by atoms with Gasteiger partial charge in [-0.3, -0.25) is 4.79 Å². The van der Waals surface area contributed by atoms with Crippen molar-refractivity contribution in [2.75, 3.05) is 5.32 Å². The van der Waals surface area contributed by atoms with Gasteiger partial charge in [-0.2, -0.15) is 0 Å². The molecule has 3 rings (SSSR count). The lowest BCUT2D eigenvalue weighted by atomic mass is 10.1. The van der Waals surface area contributed by atoms with E-state index in [1.165, 1.54) is 0 Å². The van der Waals surface area contributed by atoms with E-state index < -0.39 is 6.10 Å². The van der Waals surface area contributed by atoms with Gasteiger partial charge in [-0.25, -0.2) is 0 Å². The first-order chi connectivity index (χ1) is 10.1. The van der Waals surface area contributed by atoms with E-state index in [0.717, 1.165) is 11.3 Å². The standard InChI is InChI=1S/C17H17NO3/c1-11-6-5-7-13(10-11)18-17(19)16-12(2)20-14-8-3-4-9-15(14)21-16/h3-10,12,16H,1-2H3,(H,18,19)/t12-,16+/m1/s1. The van der Waals surface area contributed by atoms with Gasteiger partial charge in [0.25, 0.3) is 5.91 Å². The zero-order valence-corrected chi connectivity index (χ0v) is 12.0. The minimum Gasteiger partial charge on any atom is -0.482 e. The van der Waals surface area contributed by atoms with Crippen LogP contribution >= 0.6 is 0 Å².